The molecule has 1 aromatic heterocycles. The first-order valence-corrected chi connectivity index (χ1v) is 7.08. The topological polar surface area (TPSA) is 48.1 Å². The average Bonchev–Trinajstić information content (AvgIpc) is 2.43. The molecule has 0 saturated carbocycles. The molecule has 0 fully saturated rings. The van der Waals surface area contributed by atoms with Crippen LogP contribution < -0.4 is 10.5 Å². The van der Waals surface area contributed by atoms with E-state index in [1.54, 1.807) is 12.1 Å². The molecule has 0 atom stereocenters. The fourth-order valence-electron chi connectivity index (χ4n) is 2.06. The SMILES string of the molecule is Cc1ccc2cc(Oc3c(Cl)cc(N)cc3Cl)ccc2n1. The van der Waals surface area contributed by atoms with Gasteiger partial charge in [0.15, 0.2) is 5.75 Å². The number of nitrogen functional groups attached to an aromatic ring is 1. The zero-order valence-corrected chi connectivity index (χ0v) is 12.7. The quantitative estimate of drug-likeness (QED) is 0.658. The monoisotopic (exact) mass is 318 g/mol. The Balaban J connectivity index is 2.00. The number of fused-ring (bicyclic) bond motifs is 1. The molecule has 3 aromatic rings. The van der Waals surface area contributed by atoms with Crippen LogP contribution in [-0.2, 0) is 0 Å². The number of aryl methyl sites for hydroxylation is 1. The van der Waals surface area contributed by atoms with E-state index < -0.39 is 0 Å². The number of hydrogen-bond acceptors (Lipinski definition) is 3. The Hall–Kier alpha value is -1.97. The first kappa shape index (κ1) is 14.0. The molecule has 2 N–H and O–H groups in total. The van der Waals surface area contributed by atoms with Gasteiger partial charge >= 0.3 is 0 Å². The van der Waals surface area contributed by atoms with E-state index in [1.807, 2.05) is 37.3 Å². The lowest BCUT2D eigenvalue weighted by Gasteiger charge is -2.11. The third kappa shape index (κ3) is 2.89. The maximum Gasteiger partial charge on any atom is 0.164 e. The van der Waals surface area contributed by atoms with Crippen molar-refractivity contribution < 1.29 is 4.74 Å². The normalized spacial score (nSPS) is 10.8. The van der Waals surface area contributed by atoms with E-state index in [4.69, 9.17) is 33.7 Å². The number of nitrogens with zero attached hydrogens (tertiary/aromatic N) is 1. The number of aromatic nitrogens is 1. The zero-order valence-electron chi connectivity index (χ0n) is 11.2. The van der Waals surface area contributed by atoms with Gasteiger partial charge in [0.2, 0.25) is 0 Å². The number of anilines is 1. The van der Waals surface area contributed by atoms with Crippen LogP contribution in [-0.4, -0.2) is 4.98 Å². The first-order valence-electron chi connectivity index (χ1n) is 6.33. The molecule has 3 nitrogen and oxygen atoms in total. The van der Waals surface area contributed by atoms with Crippen molar-refractivity contribution in [3.05, 3.63) is 58.2 Å². The summed E-state index contributed by atoms with van der Waals surface area (Å²) in [4.78, 5) is 4.45. The van der Waals surface area contributed by atoms with Gasteiger partial charge in [0, 0.05) is 16.8 Å². The van der Waals surface area contributed by atoms with Crippen LogP contribution in [0.5, 0.6) is 11.5 Å². The lowest BCUT2D eigenvalue weighted by molar-refractivity contribution is 0.484. The average molecular weight is 319 g/mol. The van der Waals surface area contributed by atoms with Crippen molar-refractivity contribution >= 4 is 39.8 Å². The second-order valence-corrected chi connectivity index (χ2v) is 5.54. The van der Waals surface area contributed by atoms with Crippen LogP contribution in [0.25, 0.3) is 10.9 Å². The van der Waals surface area contributed by atoms with Gasteiger partial charge in [-0.15, -0.1) is 0 Å². The summed E-state index contributed by atoms with van der Waals surface area (Å²) in [6.07, 6.45) is 0. The van der Waals surface area contributed by atoms with Crippen molar-refractivity contribution in [3.63, 3.8) is 0 Å². The molecule has 21 heavy (non-hydrogen) atoms. The number of benzene rings is 2. The summed E-state index contributed by atoms with van der Waals surface area (Å²) < 4.78 is 5.79. The molecule has 0 aliphatic rings. The Labute approximate surface area is 132 Å². The summed E-state index contributed by atoms with van der Waals surface area (Å²) >= 11 is 12.2. The van der Waals surface area contributed by atoms with Crippen LogP contribution in [0.15, 0.2) is 42.5 Å². The highest BCUT2D eigenvalue weighted by molar-refractivity contribution is 6.37. The smallest absolute Gasteiger partial charge is 0.164 e. The van der Waals surface area contributed by atoms with Gasteiger partial charge in [-0.05, 0) is 43.3 Å². The van der Waals surface area contributed by atoms with Gasteiger partial charge in [-0.1, -0.05) is 29.3 Å². The number of halogens is 2. The highest BCUT2D eigenvalue weighted by Gasteiger charge is 2.10. The molecule has 0 amide bonds. The van der Waals surface area contributed by atoms with Crippen LogP contribution in [0.4, 0.5) is 5.69 Å². The highest BCUT2D eigenvalue weighted by Crippen LogP contribution is 2.38. The Kier molecular flexibility index (Phi) is 3.62. The van der Waals surface area contributed by atoms with Gasteiger partial charge in [-0.2, -0.15) is 0 Å². The minimum atomic E-state index is 0.377. The second kappa shape index (κ2) is 5.43. The van der Waals surface area contributed by atoms with E-state index in [-0.39, 0.29) is 0 Å². The van der Waals surface area contributed by atoms with Gasteiger partial charge in [-0.3, -0.25) is 4.98 Å². The van der Waals surface area contributed by atoms with Gasteiger partial charge in [-0.25, -0.2) is 0 Å². The molecule has 0 radical (unpaired) electrons. The maximum absolute atomic E-state index is 6.12. The Bertz CT molecular complexity index is 811. The van der Waals surface area contributed by atoms with Crippen molar-refractivity contribution in [2.75, 3.05) is 5.73 Å². The number of hydrogen-bond donors (Lipinski definition) is 1. The predicted octanol–water partition coefficient (Wildman–Crippen LogP) is 5.22. The summed E-state index contributed by atoms with van der Waals surface area (Å²) in [5.74, 6) is 1.04. The van der Waals surface area contributed by atoms with E-state index in [0.717, 1.165) is 16.6 Å². The van der Waals surface area contributed by atoms with Gasteiger partial charge in [0.1, 0.15) is 5.75 Å². The number of ether oxygens (including phenoxy) is 1. The highest BCUT2D eigenvalue weighted by atomic mass is 35.5. The largest absolute Gasteiger partial charge is 0.454 e. The van der Waals surface area contributed by atoms with Crippen LogP contribution in [0.2, 0.25) is 10.0 Å². The number of pyridine rings is 1. The van der Waals surface area contributed by atoms with Crippen molar-refractivity contribution in [2.24, 2.45) is 0 Å². The molecule has 1 heterocycles. The van der Waals surface area contributed by atoms with Crippen molar-refractivity contribution in [2.45, 2.75) is 6.92 Å². The van der Waals surface area contributed by atoms with Gasteiger partial charge in [0.05, 0.1) is 15.6 Å². The summed E-state index contributed by atoms with van der Waals surface area (Å²) in [6.45, 7) is 1.96. The molecule has 0 spiro atoms. The molecule has 0 unspecified atom stereocenters. The standard InChI is InChI=1S/C16H12Cl2N2O/c1-9-2-3-10-6-12(4-5-15(10)20-9)21-16-13(17)7-11(19)8-14(16)18/h2-8H,19H2,1H3. The molecule has 106 valence electrons. The van der Waals surface area contributed by atoms with Crippen LogP contribution in [0.3, 0.4) is 0 Å². The van der Waals surface area contributed by atoms with Crippen molar-refractivity contribution in [3.8, 4) is 11.5 Å². The lowest BCUT2D eigenvalue weighted by Crippen LogP contribution is -1.91. The van der Waals surface area contributed by atoms with Crippen molar-refractivity contribution in [1.29, 1.82) is 0 Å². The zero-order chi connectivity index (χ0) is 15.0. The maximum atomic E-state index is 6.12. The van der Waals surface area contributed by atoms with E-state index in [0.29, 0.717) is 27.2 Å². The van der Waals surface area contributed by atoms with E-state index >= 15 is 0 Å². The Morgan fingerprint density at radius 1 is 1.00 bits per heavy atom. The molecule has 5 heteroatoms. The molecule has 0 aliphatic heterocycles. The van der Waals surface area contributed by atoms with Crippen LogP contribution >= 0.6 is 23.2 Å². The Morgan fingerprint density at radius 2 is 1.71 bits per heavy atom. The number of rotatable bonds is 2. The Morgan fingerprint density at radius 3 is 2.43 bits per heavy atom. The summed E-state index contributed by atoms with van der Waals surface area (Å²) in [7, 11) is 0. The van der Waals surface area contributed by atoms with Gasteiger partial charge < -0.3 is 10.5 Å². The third-order valence-electron chi connectivity index (χ3n) is 3.04. The van der Waals surface area contributed by atoms with E-state index in [2.05, 4.69) is 4.98 Å². The van der Waals surface area contributed by atoms with Crippen molar-refractivity contribution in [1.82, 2.24) is 4.98 Å². The molecule has 0 saturated heterocycles. The fourth-order valence-corrected chi connectivity index (χ4v) is 2.64. The predicted molar refractivity (Wildman–Crippen MR) is 87.4 cm³/mol. The molecule has 3 rings (SSSR count). The lowest BCUT2D eigenvalue weighted by atomic mass is 10.2. The first-order chi connectivity index (χ1) is 10.0. The third-order valence-corrected chi connectivity index (χ3v) is 3.60. The number of nitrogens with two attached hydrogens (primary N) is 1. The summed E-state index contributed by atoms with van der Waals surface area (Å²) in [5.41, 5.74) is 8.06. The summed E-state index contributed by atoms with van der Waals surface area (Å²) in [5, 5.41) is 1.74. The molecule has 0 aliphatic carbocycles. The van der Waals surface area contributed by atoms with Gasteiger partial charge in [0.25, 0.3) is 0 Å². The van der Waals surface area contributed by atoms with E-state index in [9.17, 15) is 0 Å². The van der Waals surface area contributed by atoms with E-state index in [1.165, 1.54) is 0 Å². The molecule has 0 bridgehead atoms. The fraction of sp³-hybridized carbons (Fsp3) is 0.0625. The minimum absolute atomic E-state index is 0.377. The second-order valence-electron chi connectivity index (χ2n) is 4.72. The van der Waals surface area contributed by atoms with Crippen LogP contribution in [0.1, 0.15) is 5.69 Å². The molecule has 2 aromatic carbocycles. The van der Waals surface area contributed by atoms with Crippen LogP contribution in [0, 0.1) is 6.92 Å². The molecular formula is C16H12Cl2N2O. The molecular weight excluding hydrogens is 307 g/mol. The summed E-state index contributed by atoms with van der Waals surface area (Å²) in [6, 6.07) is 12.8. The minimum Gasteiger partial charge on any atom is -0.454 e.